The van der Waals surface area contributed by atoms with Gasteiger partial charge in [0.15, 0.2) is 5.82 Å². The molecule has 1 aromatic carbocycles. The molecule has 0 unspecified atom stereocenters. The van der Waals surface area contributed by atoms with E-state index in [0.717, 1.165) is 44.7 Å². The minimum Gasteiger partial charge on any atom is -0.306 e. The van der Waals surface area contributed by atoms with Crippen LogP contribution in [-0.4, -0.2) is 77.9 Å². The number of para-hydroxylation sites is 2. The normalized spacial score (nSPS) is 17.5. The second-order valence-electron chi connectivity index (χ2n) is 7.87. The molecule has 0 aliphatic carbocycles. The average Bonchev–Trinajstić information content (AvgIpc) is 2.86. The van der Waals surface area contributed by atoms with Crippen LogP contribution in [0.1, 0.15) is 30.1 Å². The lowest BCUT2D eigenvalue weighted by Gasteiger charge is -2.33. The maximum atomic E-state index is 13.5. The van der Waals surface area contributed by atoms with E-state index in [1.807, 2.05) is 24.3 Å². The molecule has 0 radical (unpaired) electrons. The third kappa shape index (κ3) is 3.93. The number of nitrogens with zero attached hydrogens (tertiary/aromatic N) is 6. The number of hydrogen-bond donors (Lipinski definition) is 0. The zero-order chi connectivity index (χ0) is 21.1. The fraction of sp³-hybridized carbons (Fsp3) is 0.455. The summed E-state index contributed by atoms with van der Waals surface area (Å²) in [5.74, 6) is 0.110. The van der Waals surface area contributed by atoms with Gasteiger partial charge in [0.1, 0.15) is 11.9 Å². The lowest BCUT2D eigenvalue weighted by molar-refractivity contribution is -0.119. The Kier molecular flexibility index (Phi) is 6.06. The van der Waals surface area contributed by atoms with Crippen LogP contribution in [0.3, 0.4) is 0 Å². The Balaban J connectivity index is 1.75. The minimum absolute atomic E-state index is 0.0860. The summed E-state index contributed by atoms with van der Waals surface area (Å²) in [6, 6.07) is 7.58. The molecule has 1 aromatic heterocycles. The van der Waals surface area contributed by atoms with Crippen LogP contribution in [-0.2, 0) is 4.79 Å². The Bertz CT molecular complexity index is 925. The molecular formula is C22H28N6O2. The molecule has 2 aromatic rings. The lowest BCUT2D eigenvalue weighted by atomic mass is 10.2. The fourth-order valence-corrected chi connectivity index (χ4v) is 3.96. The highest BCUT2D eigenvalue weighted by atomic mass is 16.2. The SMILES string of the molecule is CCCCN1C(=O)c2cncnc2N(C(=O)CN2CCN(C)CC2)c2ccccc21. The van der Waals surface area contributed by atoms with Crippen LogP contribution in [0.15, 0.2) is 36.8 Å². The first-order chi connectivity index (χ1) is 14.6. The van der Waals surface area contributed by atoms with Crippen molar-refractivity contribution >= 4 is 29.0 Å². The van der Waals surface area contributed by atoms with Crippen molar-refractivity contribution in [2.75, 3.05) is 56.1 Å². The van der Waals surface area contributed by atoms with Gasteiger partial charge in [-0.15, -0.1) is 0 Å². The first-order valence-electron chi connectivity index (χ1n) is 10.5. The molecular weight excluding hydrogens is 380 g/mol. The van der Waals surface area contributed by atoms with Crippen molar-refractivity contribution in [1.29, 1.82) is 0 Å². The van der Waals surface area contributed by atoms with Crippen molar-refractivity contribution in [3.05, 3.63) is 42.4 Å². The standard InChI is InChI=1S/C22H28N6O2/c1-3-4-9-27-18-7-5-6-8-19(18)28(21-17(22(27)30)14-23-16-24-21)20(29)15-26-12-10-25(2)11-13-26/h5-8,14,16H,3-4,9-13,15H2,1-2H3. The highest BCUT2D eigenvalue weighted by Gasteiger charge is 2.35. The van der Waals surface area contributed by atoms with E-state index in [9.17, 15) is 9.59 Å². The molecule has 0 N–H and O–H groups in total. The van der Waals surface area contributed by atoms with Crippen molar-refractivity contribution in [3.63, 3.8) is 0 Å². The van der Waals surface area contributed by atoms with Crippen LogP contribution in [0.4, 0.5) is 17.2 Å². The largest absolute Gasteiger partial charge is 0.306 e. The summed E-state index contributed by atoms with van der Waals surface area (Å²) in [7, 11) is 2.09. The molecule has 30 heavy (non-hydrogen) atoms. The Morgan fingerprint density at radius 3 is 2.57 bits per heavy atom. The van der Waals surface area contributed by atoms with Gasteiger partial charge in [-0.25, -0.2) is 9.97 Å². The van der Waals surface area contributed by atoms with Gasteiger partial charge in [0.2, 0.25) is 5.91 Å². The molecule has 8 nitrogen and oxygen atoms in total. The Labute approximate surface area is 177 Å². The summed E-state index contributed by atoms with van der Waals surface area (Å²) in [6.45, 7) is 6.52. The van der Waals surface area contributed by atoms with Crippen molar-refractivity contribution in [2.45, 2.75) is 19.8 Å². The number of unbranched alkanes of at least 4 members (excludes halogenated alkanes) is 1. The molecule has 4 rings (SSSR count). The van der Waals surface area contributed by atoms with E-state index in [-0.39, 0.29) is 18.4 Å². The number of anilines is 3. The average molecular weight is 409 g/mol. The highest BCUT2D eigenvalue weighted by Crippen LogP contribution is 2.39. The summed E-state index contributed by atoms with van der Waals surface area (Å²) in [6.07, 6.45) is 4.76. The van der Waals surface area contributed by atoms with Gasteiger partial charge in [-0.2, -0.15) is 0 Å². The molecule has 2 aliphatic rings. The number of carbonyl (C=O) groups is 2. The predicted molar refractivity (Wildman–Crippen MR) is 116 cm³/mol. The molecule has 158 valence electrons. The predicted octanol–water partition coefficient (Wildman–Crippen LogP) is 2.15. The summed E-state index contributed by atoms with van der Waals surface area (Å²) < 4.78 is 0. The van der Waals surface area contributed by atoms with Gasteiger partial charge in [-0.05, 0) is 25.6 Å². The maximum Gasteiger partial charge on any atom is 0.263 e. The summed E-state index contributed by atoms with van der Waals surface area (Å²) >= 11 is 0. The third-order valence-corrected chi connectivity index (χ3v) is 5.73. The number of piperazine rings is 1. The quantitative estimate of drug-likeness (QED) is 0.755. The van der Waals surface area contributed by atoms with Crippen LogP contribution in [0, 0.1) is 0 Å². The number of rotatable bonds is 5. The molecule has 2 amide bonds. The monoisotopic (exact) mass is 408 g/mol. The van der Waals surface area contributed by atoms with E-state index in [1.54, 1.807) is 9.80 Å². The van der Waals surface area contributed by atoms with Crippen LogP contribution >= 0.6 is 0 Å². The van der Waals surface area contributed by atoms with Crippen LogP contribution in [0.2, 0.25) is 0 Å². The number of aromatic nitrogens is 2. The number of hydrogen-bond acceptors (Lipinski definition) is 6. The topological polar surface area (TPSA) is 72.9 Å². The van der Waals surface area contributed by atoms with Crippen molar-refractivity contribution < 1.29 is 9.59 Å². The number of fused-ring (bicyclic) bond motifs is 2. The fourth-order valence-electron chi connectivity index (χ4n) is 3.96. The van der Waals surface area contributed by atoms with Crippen LogP contribution in [0.5, 0.6) is 0 Å². The van der Waals surface area contributed by atoms with Gasteiger partial charge < -0.3 is 9.80 Å². The van der Waals surface area contributed by atoms with Gasteiger partial charge in [0, 0.05) is 38.9 Å². The van der Waals surface area contributed by atoms with Gasteiger partial charge >= 0.3 is 0 Å². The Hall–Kier alpha value is -2.84. The first kappa shape index (κ1) is 20.4. The van der Waals surface area contributed by atoms with Gasteiger partial charge in [-0.3, -0.25) is 19.4 Å². The van der Waals surface area contributed by atoms with E-state index >= 15 is 0 Å². The van der Waals surface area contributed by atoms with E-state index < -0.39 is 0 Å². The van der Waals surface area contributed by atoms with E-state index in [4.69, 9.17) is 0 Å². The van der Waals surface area contributed by atoms with Crippen molar-refractivity contribution in [3.8, 4) is 0 Å². The molecule has 0 spiro atoms. The maximum absolute atomic E-state index is 13.5. The van der Waals surface area contributed by atoms with Gasteiger partial charge in [0.05, 0.1) is 17.9 Å². The molecule has 0 bridgehead atoms. The molecule has 8 heteroatoms. The zero-order valence-corrected chi connectivity index (χ0v) is 17.6. The molecule has 1 fully saturated rings. The summed E-state index contributed by atoms with van der Waals surface area (Å²) in [5.41, 5.74) is 1.79. The second-order valence-corrected chi connectivity index (χ2v) is 7.87. The van der Waals surface area contributed by atoms with Crippen LogP contribution < -0.4 is 9.80 Å². The number of benzene rings is 1. The van der Waals surface area contributed by atoms with E-state index in [2.05, 4.69) is 33.7 Å². The Morgan fingerprint density at radius 2 is 1.83 bits per heavy atom. The first-order valence-corrected chi connectivity index (χ1v) is 10.5. The summed E-state index contributed by atoms with van der Waals surface area (Å²) in [4.78, 5) is 43.1. The Morgan fingerprint density at radius 1 is 1.10 bits per heavy atom. The molecule has 0 atom stereocenters. The van der Waals surface area contributed by atoms with Crippen molar-refractivity contribution in [1.82, 2.24) is 19.8 Å². The minimum atomic E-state index is -0.165. The number of carbonyl (C=O) groups excluding carboxylic acids is 2. The zero-order valence-electron chi connectivity index (χ0n) is 17.6. The molecule has 2 aliphatic heterocycles. The molecule has 0 saturated carbocycles. The highest BCUT2D eigenvalue weighted by molar-refractivity contribution is 6.18. The number of likely N-dealkylation sites (N-methyl/N-ethyl adjacent to an activating group) is 1. The molecule has 1 saturated heterocycles. The second kappa shape index (κ2) is 8.89. The van der Waals surface area contributed by atoms with E-state index in [0.29, 0.717) is 23.6 Å². The third-order valence-electron chi connectivity index (χ3n) is 5.73. The van der Waals surface area contributed by atoms with Gasteiger partial charge in [0.25, 0.3) is 5.91 Å². The molecule has 3 heterocycles. The van der Waals surface area contributed by atoms with Crippen molar-refractivity contribution in [2.24, 2.45) is 0 Å². The van der Waals surface area contributed by atoms with E-state index in [1.165, 1.54) is 12.5 Å². The number of amides is 2. The van der Waals surface area contributed by atoms with Gasteiger partial charge in [-0.1, -0.05) is 25.5 Å². The van der Waals surface area contributed by atoms with Crippen LogP contribution in [0.25, 0.3) is 0 Å². The smallest absolute Gasteiger partial charge is 0.263 e. The lowest BCUT2D eigenvalue weighted by Crippen LogP contribution is -2.48. The summed E-state index contributed by atoms with van der Waals surface area (Å²) in [5, 5.41) is 0.